The Bertz CT molecular complexity index is 9020. The lowest BCUT2D eigenvalue weighted by atomic mass is 9.82. The molecule has 4 aliphatic carbocycles. The Balaban J connectivity index is 0.000000111. The van der Waals surface area contributed by atoms with E-state index in [4.69, 9.17) is 9.97 Å². The Morgan fingerprint density at radius 3 is 0.858 bits per heavy atom. The van der Waals surface area contributed by atoms with E-state index in [1.54, 1.807) is 0 Å². The second-order valence-corrected chi connectivity index (χ2v) is 37.8. The highest BCUT2D eigenvalue weighted by atomic mass is 15.2. The van der Waals surface area contributed by atoms with Gasteiger partial charge in [-0.05, 0) is 276 Å². The van der Waals surface area contributed by atoms with E-state index in [0.29, 0.717) is 0 Å². The average molecular weight is 1800 g/mol. The number of aromatic nitrogens is 5. The fraction of sp³-hybridized carbons (Fsp3) is 0.0448. The summed E-state index contributed by atoms with van der Waals surface area (Å²) < 4.78 is 7.20. The number of fused-ring (bicyclic) bond motifs is 19. The van der Waals surface area contributed by atoms with Crippen LogP contribution in [0, 0.1) is 20.8 Å². The number of rotatable bonds is 12. The minimum Gasteiger partial charge on any atom is -0.313 e. The summed E-state index contributed by atoms with van der Waals surface area (Å²) in [6.45, 7) is 11.5. The molecule has 0 atom stereocenters. The molecule has 0 aliphatic heterocycles. The molecule has 4 aromatic heterocycles. The van der Waals surface area contributed by atoms with Gasteiger partial charge in [0.15, 0.2) is 5.82 Å². The van der Waals surface area contributed by atoms with Gasteiger partial charge in [-0.1, -0.05) is 372 Å². The summed E-state index contributed by atoms with van der Waals surface area (Å²) in [6.07, 6.45) is 0. The predicted octanol–water partition coefficient (Wildman–Crippen LogP) is 36.0. The van der Waals surface area contributed by atoms with Gasteiger partial charge in [0.1, 0.15) is 5.69 Å². The fourth-order valence-corrected chi connectivity index (χ4v) is 23.3. The summed E-state index contributed by atoms with van der Waals surface area (Å²) in [4.78, 5) is 15.1. The van der Waals surface area contributed by atoms with E-state index in [-0.39, 0.29) is 5.41 Å². The van der Waals surface area contributed by atoms with Crippen molar-refractivity contribution in [3.63, 3.8) is 0 Å². The third-order valence-electron chi connectivity index (χ3n) is 29.7. The second-order valence-electron chi connectivity index (χ2n) is 37.8. The molecule has 0 amide bonds. The predicted molar refractivity (Wildman–Crippen MR) is 590 cm³/mol. The van der Waals surface area contributed by atoms with Crippen molar-refractivity contribution in [3.8, 4) is 162 Å². The summed E-state index contributed by atoms with van der Waals surface area (Å²) in [7, 11) is 0. The molecule has 7 heteroatoms. The summed E-state index contributed by atoms with van der Waals surface area (Å²) >= 11 is 0. The molecule has 20 aromatic carbocycles. The smallest absolute Gasteiger partial charge is 0.164 e. The van der Waals surface area contributed by atoms with Gasteiger partial charge < -0.3 is 18.9 Å². The van der Waals surface area contributed by atoms with Gasteiger partial charge in [0, 0.05) is 106 Å². The van der Waals surface area contributed by atoms with Gasteiger partial charge in [-0.2, -0.15) is 0 Å². The van der Waals surface area contributed by atoms with Gasteiger partial charge in [0.05, 0.1) is 27.6 Å². The van der Waals surface area contributed by atoms with Gasteiger partial charge in [-0.15, -0.1) is 0 Å². The number of anilines is 6. The van der Waals surface area contributed by atoms with Crippen LogP contribution in [0.4, 0.5) is 34.1 Å². The van der Waals surface area contributed by atoms with Crippen LogP contribution < -0.4 is 9.80 Å². The molecule has 7 nitrogen and oxygen atoms in total. The molecule has 4 heterocycles. The standard InChI is InChI=1S/C54H40N2.C45H32N2.C35H23N3/c1-35-52-47-20-10-9-17-43(47)42-16-7-8-18-44(42)48-21-13-23-51(53(48)52)55(35)39-28-24-36(25-29-39)37-26-30-40(31-27-37)56(38-14-5-4-6-15-38)41-32-33-46-45-19-11-12-22-49(45)54(2,3)50(46)34-41;1-31-44-41-20-11-10-18-39(41)38-17-8-9-19-40(38)42-21-12-22-43(45(42)44)46(31)36-27-23-32(24-28-36)33-25-29-37(30-26-33)47(34-13-4-2-5-14-34)35-15-6-3-7-16-35;1-22-32-27-17-8-7-15-25(27)24-14-5-6-16-26(24)28-18-11-21-31(33(28)32)38(22)35-34(23-12-3-2-4-13-23)36-29-19-9-10-20-30(29)37-35/h4-34H,1-3H3;2-30H,1H3;2-21H,1H3. The molecule has 0 N–H and O–H groups in total. The van der Waals surface area contributed by atoms with Crippen LogP contribution in [0.15, 0.2) is 485 Å². The lowest BCUT2D eigenvalue weighted by Crippen LogP contribution is -2.16. The molecular weight excluding hydrogens is 1710 g/mol. The molecule has 666 valence electrons. The zero-order chi connectivity index (χ0) is 94.1. The van der Waals surface area contributed by atoms with Crippen LogP contribution in [0.25, 0.3) is 206 Å². The number of hydrogen-bond acceptors (Lipinski definition) is 4. The van der Waals surface area contributed by atoms with E-state index in [1.807, 2.05) is 30.3 Å². The highest BCUT2D eigenvalue weighted by Crippen LogP contribution is 2.57. The van der Waals surface area contributed by atoms with E-state index in [2.05, 4.69) is 513 Å². The highest BCUT2D eigenvalue weighted by molar-refractivity contribution is 6.18. The Kier molecular flexibility index (Phi) is 20.2. The van der Waals surface area contributed by atoms with E-state index in [0.717, 1.165) is 73.4 Å². The van der Waals surface area contributed by atoms with Crippen molar-refractivity contribution >= 4 is 77.9 Å². The van der Waals surface area contributed by atoms with Gasteiger partial charge >= 0.3 is 0 Å². The van der Waals surface area contributed by atoms with Crippen LogP contribution in [-0.4, -0.2) is 23.7 Å². The quantitative estimate of drug-likeness (QED) is 0.122. The first-order chi connectivity index (χ1) is 69.5. The van der Waals surface area contributed by atoms with E-state index >= 15 is 0 Å². The summed E-state index contributed by atoms with van der Waals surface area (Å²) in [6, 6.07) is 175. The van der Waals surface area contributed by atoms with Crippen LogP contribution >= 0.6 is 0 Å². The summed E-state index contributed by atoms with van der Waals surface area (Å²) in [5.41, 5.74) is 53.4. The van der Waals surface area contributed by atoms with Crippen molar-refractivity contribution in [3.05, 3.63) is 514 Å². The molecule has 0 radical (unpaired) electrons. The monoisotopic (exact) mass is 1800 g/mol. The minimum atomic E-state index is -0.0684. The molecular formula is C134H95N7. The SMILES string of the molecule is Cc1c2c3c(cccc3n1-c1ccc(-c3ccc(N(c4ccccc4)c4ccc5c(c4)C(C)(C)c4ccccc4-5)cc3)cc1)-c1ccccc1-c1ccccc1-2.Cc1c2c3c(cccc3n1-c1ccc(-c3ccc(N(c4ccccc4)c4ccccc4)cc3)cc1)-c1ccccc1-c1ccccc1-2.Cc1c2c3c(cccc3n1-c1nc3ccccc3nc1-c1ccccc1)-c1ccccc1-c1ccccc1-2. The number of para-hydroxylation sites is 5. The third kappa shape index (κ3) is 13.8. The van der Waals surface area contributed by atoms with Gasteiger partial charge in [-0.25, -0.2) is 9.97 Å². The Hall–Kier alpha value is -18.0. The zero-order valence-corrected chi connectivity index (χ0v) is 78.8. The maximum absolute atomic E-state index is 5.25. The van der Waals surface area contributed by atoms with E-state index < -0.39 is 0 Å². The molecule has 0 fully saturated rings. The largest absolute Gasteiger partial charge is 0.313 e. The molecule has 28 rings (SSSR count). The lowest BCUT2D eigenvalue weighted by Gasteiger charge is -2.28. The van der Waals surface area contributed by atoms with Crippen LogP contribution in [0.3, 0.4) is 0 Å². The first-order valence-corrected chi connectivity index (χ1v) is 48.8. The van der Waals surface area contributed by atoms with Crippen molar-refractivity contribution in [2.75, 3.05) is 9.80 Å². The van der Waals surface area contributed by atoms with Gasteiger partial charge in [-0.3, -0.25) is 4.57 Å². The molecule has 0 bridgehead atoms. The average Bonchev–Trinajstić information content (AvgIpc) is 1.56. The Labute approximate surface area is 821 Å². The van der Waals surface area contributed by atoms with Gasteiger partial charge in [0.2, 0.25) is 0 Å². The number of benzene rings is 20. The van der Waals surface area contributed by atoms with Crippen molar-refractivity contribution < 1.29 is 0 Å². The van der Waals surface area contributed by atoms with Gasteiger partial charge in [0.25, 0.3) is 0 Å². The zero-order valence-electron chi connectivity index (χ0n) is 78.8. The van der Waals surface area contributed by atoms with Crippen LogP contribution in [0.5, 0.6) is 0 Å². The maximum Gasteiger partial charge on any atom is 0.164 e. The number of hydrogen-bond donors (Lipinski definition) is 0. The molecule has 4 aliphatic rings. The van der Waals surface area contributed by atoms with Crippen LogP contribution in [0.2, 0.25) is 0 Å². The lowest BCUT2D eigenvalue weighted by molar-refractivity contribution is 0.660. The second kappa shape index (κ2) is 34.0. The number of nitrogens with zero attached hydrogens (tertiary/aromatic N) is 7. The van der Waals surface area contributed by atoms with Crippen LogP contribution in [-0.2, 0) is 5.41 Å². The third-order valence-corrected chi connectivity index (χ3v) is 29.7. The van der Waals surface area contributed by atoms with Crippen molar-refractivity contribution in [2.24, 2.45) is 0 Å². The first-order valence-electron chi connectivity index (χ1n) is 48.8. The summed E-state index contributed by atoms with van der Waals surface area (Å²) in [5, 5.41) is 3.90. The molecule has 0 saturated carbocycles. The Morgan fingerprint density at radius 2 is 0.468 bits per heavy atom. The molecule has 24 aromatic rings. The topological polar surface area (TPSA) is 47.0 Å². The fourth-order valence-electron chi connectivity index (χ4n) is 23.3. The minimum absolute atomic E-state index is 0.0684. The maximum atomic E-state index is 5.25. The normalized spacial score (nSPS) is 12.2. The highest BCUT2D eigenvalue weighted by Gasteiger charge is 2.37. The van der Waals surface area contributed by atoms with E-state index in [1.165, 1.54) is 195 Å². The molecule has 0 spiro atoms. The van der Waals surface area contributed by atoms with E-state index in [9.17, 15) is 0 Å². The molecule has 0 unspecified atom stereocenters. The first kappa shape index (κ1) is 83.5. The molecule has 141 heavy (non-hydrogen) atoms. The Morgan fingerprint density at radius 1 is 0.199 bits per heavy atom. The van der Waals surface area contributed by atoms with Crippen molar-refractivity contribution in [1.82, 2.24) is 23.7 Å². The van der Waals surface area contributed by atoms with Crippen molar-refractivity contribution in [1.29, 1.82) is 0 Å². The van der Waals surface area contributed by atoms with Crippen LogP contribution in [0.1, 0.15) is 42.1 Å². The summed E-state index contributed by atoms with van der Waals surface area (Å²) in [5.74, 6) is 0.854. The molecule has 0 saturated heterocycles. The van der Waals surface area contributed by atoms with Crippen molar-refractivity contribution in [2.45, 2.75) is 40.0 Å².